The number of amides is 3. The molecule has 3 amide bonds. The molecule has 24 heavy (non-hydrogen) atoms. The predicted octanol–water partition coefficient (Wildman–Crippen LogP) is 2.50. The van der Waals surface area contributed by atoms with Crippen LogP contribution in [0, 0.1) is 0 Å². The smallest absolute Gasteiger partial charge is 0.262 e. The number of anilines is 1. The molecule has 3 rings (SSSR count). The van der Waals surface area contributed by atoms with Crippen molar-refractivity contribution >= 4 is 23.4 Å². The van der Waals surface area contributed by atoms with Gasteiger partial charge < -0.3 is 4.90 Å². The minimum Gasteiger partial charge on any atom is -0.307 e. The monoisotopic (exact) mass is 320 g/mol. The van der Waals surface area contributed by atoms with E-state index >= 15 is 0 Å². The molecule has 120 valence electrons. The molecule has 0 bridgehead atoms. The molecule has 0 unspecified atom stereocenters. The SMILES string of the molecule is C=CCN(C(=O)CN1C(=O)c2ccccc2C1=O)c1ccccc1. The number of rotatable bonds is 5. The van der Waals surface area contributed by atoms with Crippen LogP contribution in [0.15, 0.2) is 67.3 Å². The Morgan fingerprint density at radius 1 is 0.958 bits per heavy atom. The van der Waals surface area contributed by atoms with Gasteiger partial charge in [-0.2, -0.15) is 0 Å². The van der Waals surface area contributed by atoms with Crippen LogP contribution in [0.4, 0.5) is 5.69 Å². The normalized spacial score (nSPS) is 12.9. The highest BCUT2D eigenvalue weighted by atomic mass is 16.2. The molecule has 2 aromatic carbocycles. The third kappa shape index (κ3) is 2.72. The summed E-state index contributed by atoms with van der Waals surface area (Å²) >= 11 is 0. The largest absolute Gasteiger partial charge is 0.307 e. The van der Waals surface area contributed by atoms with Crippen LogP contribution in [-0.4, -0.2) is 35.7 Å². The summed E-state index contributed by atoms with van der Waals surface area (Å²) in [6, 6.07) is 15.7. The summed E-state index contributed by atoms with van der Waals surface area (Å²) in [6.45, 7) is 3.66. The average molecular weight is 320 g/mol. The number of carbonyl (C=O) groups excluding carboxylic acids is 3. The Kier molecular flexibility index (Phi) is 4.24. The van der Waals surface area contributed by atoms with E-state index < -0.39 is 11.8 Å². The van der Waals surface area contributed by atoms with Gasteiger partial charge in [-0.1, -0.05) is 36.4 Å². The molecule has 0 aliphatic carbocycles. The van der Waals surface area contributed by atoms with E-state index in [1.807, 2.05) is 18.2 Å². The molecule has 0 aromatic heterocycles. The van der Waals surface area contributed by atoms with Gasteiger partial charge in [-0.15, -0.1) is 6.58 Å². The number of nitrogens with zero attached hydrogens (tertiary/aromatic N) is 2. The van der Waals surface area contributed by atoms with E-state index in [-0.39, 0.29) is 12.5 Å². The Balaban J connectivity index is 1.83. The van der Waals surface area contributed by atoms with Crippen LogP contribution in [0.25, 0.3) is 0 Å². The first-order chi connectivity index (χ1) is 11.6. The molecule has 5 heteroatoms. The quantitative estimate of drug-likeness (QED) is 0.628. The summed E-state index contributed by atoms with van der Waals surface area (Å²) in [5, 5.41) is 0. The number of para-hydroxylation sites is 1. The van der Waals surface area contributed by atoms with Crippen LogP contribution in [0.3, 0.4) is 0 Å². The fourth-order valence-corrected chi connectivity index (χ4v) is 2.69. The Labute approximate surface area is 139 Å². The van der Waals surface area contributed by atoms with Crippen LogP contribution in [0.1, 0.15) is 20.7 Å². The number of benzene rings is 2. The summed E-state index contributed by atoms with van der Waals surface area (Å²) in [6.07, 6.45) is 1.60. The first-order valence-electron chi connectivity index (χ1n) is 7.55. The van der Waals surface area contributed by atoms with Gasteiger partial charge in [0.2, 0.25) is 5.91 Å². The van der Waals surface area contributed by atoms with E-state index in [0.717, 1.165) is 4.90 Å². The lowest BCUT2D eigenvalue weighted by Crippen LogP contribution is -2.43. The maximum atomic E-state index is 12.7. The molecular formula is C19H16N2O3. The zero-order chi connectivity index (χ0) is 17.1. The Bertz CT molecular complexity index is 779. The molecule has 0 spiro atoms. The fourth-order valence-electron chi connectivity index (χ4n) is 2.69. The van der Waals surface area contributed by atoms with Crippen LogP contribution in [-0.2, 0) is 4.79 Å². The molecule has 0 saturated carbocycles. The average Bonchev–Trinajstić information content (AvgIpc) is 2.85. The predicted molar refractivity (Wildman–Crippen MR) is 90.8 cm³/mol. The molecule has 0 N–H and O–H groups in total. The third-order valence-corrected chi connectivity index (χ3v) is 3.85. The molecule has 1 heterocycles. The molecule has 0 saturated heterocycles. The van der Waals surface area contributed by atoms with E-state index in [4.69, 9.17) is 0 Å². The van der Waals surface area contributed by atoms with Crippen molar-refractivity contribution in [3.63, 3.8) is 0 Å². The van der Waals surface area contributed by atoms with Crippen molar-refractivity contribution in [2.24, 2.45) is 0 Å². The maximum absolute atomic E-state index is 12.7. The van der Waals surface area contributed by atoms with Gasteiger partial charge in [-0.05, 0) is 24.3 Å². The van der Waals surface area contributed by atoms with E-state index in [9.17, 15) is 14.4 Å². The molecule has 0 atom stereocenters. The van der Waals surface area contributed by atoms with Gasteiger partial charge in [0.05, 0.1) is 11.1 Å². The Morgan fingerprint density at radius 3 is 2.04 bits per heavy atom. The second-order valence-corrected chi connectivity index (χ2v) is 5.37. The van der Waals surface area contributed by atoms with Gasteiger partial charge in [0.15, 0.2) is 0 Å². The molecule has 1 aliphatic rings. The second-order valence-electron chi connectivity index (χ2n) is 5.37. The zero-order valence-corrected chi connectivity index (χ0v) is 13.0. The molecular weight excluding hydrogens is 304 g/mol. The fraction of sp³-hybridized carbons (Fsp3) is 0.105. The summed E-state index contributed by atoms with van der Waals surface area (Å²) < 4.78 is 0. The minimum atomic E-state index is -0.435. The molecule has 0 fully saturated rings. The third-order valence-electron chi connectivity index (χ3n) is 3.85. The van der Waals surface area contributed by atoms with Crippen molar-refractivity contribution in [2.75, 3.05) is 18.0 Å². The van der Waals surface area contributed by atoms with E-state index in [2.05, 4.69) is 6.58 Å². The van der Waals surface area contributed by atoms with Crippen molar-refractivity contribution in [3.8, 4) is 0 Å². The van der Waals surface area contributed by atoms with Crippen LogP contribution in [0.5, 0.6) is 0 Å². The minimum absolute atomic E-state index is 0.297. The highest BCUT2D eigenvalue weighted by Gasteiger charge is 2.37. The van der Waals surface area contributed by atoms with Gasteiger partial charge in [-0.25, -0.2) is 0 Å². The van der Waals surface area contributed by atoms with E-state index in [0.29, 0.717) is 23.4 Å². The number of hydrogen-bond acceptors (Lipinski definition) is 3. The van der Waals surface area contributed by atoms with Gasteiger partial charge in [-0.3, -0.25) is 19.3 Å². The summed E-state index contributed by atoms with van der Waals surface area (Å²) in [5.74, 6) is -1.21. The zero-order valence-electron chi connectivity index (χ0n) is 13.0. The van der Waals surface area contributed by atoms with Crippen molar-refractivity contribution in [2.45, 2.75) is 0 Å². The van der Waals surface area contributed by atoms with Crippen molar-refractivity contribution in [1.29, 1.82) is 0 Å². The number of carbonyl (C=O) groups is 3. The van der Waals surface area contributed by atoms with E-state index in [1.165, 1.54) is 4.90 Å². The van der Waals surface area contributed by atoms with Crippen molar-refractivity contribution in [3.05, 3.63) is 78.4 Å². The molecule has 1 aliphatic heterocycles. The number of fused-ring (bicyclic) bond motifs is 1. The van der Waals surface area contributed by atoms with Gasteiger partial charge in [0.25, 0.3) is 11.8 Å². The van der Waals surface area contributed by atoms with Gasteiger partial charge in [0, 0.05) is 12.2 Å². The lowest BCUT2D eigenvalue weighted by atomic mass is 10.1. The first-order valence-corrected chi connectivity index (χ1v) is 7.55. The molecule has 0 radical (unpaired) electrons. The second kappa shape index (κ2) is 6.50. The van der Waals surface area contributed by atoms with Crippen LogP contribution < -0.4 is 4.90 Å². The highest BCUT2D eigenvalue weighted by molar-refractivity contribution is 6.22. The molecule has 2 aromatic rings. The maximum Gasteiger partial charge on any atom is 0.262 e. The first kappa shape index (κ1) is 15.7. The van der Waals surface area contributed by atoms with Crippen molar-refractivity contribution < 1.29 is 14.4 Å². The number of imide groups is 1. The van der Waals surface area contributed by atoms with Crippen molar-refractivity contribution in [1.82, 2.24) is 4.90 Å². The summed E-state index contributed by atoms with van der Waals surface area (Å²) in [5.41, 5.74) is 1.37. The highest BCUT2D eigenvalue weighted by Crippen LogP contribution is 2.23. The summed E-state index contributed by atoms with van der Waals surface area (Å²) in [4.78, 5) is 39.9. The topological polar surface area (TPSA) is 57.7 Å². The van der Waals surface area contributed by atoms with Crippen LogP contribution in [0.2, 0.25) is 0 Å². The number of hydrogen-bond donors (Lipinski definition) is 0. The Morgan fingerprint density at radius 2 is 1.50 bits per heavy atom. The lowest BCUT2D eigenvalue weighted by molar-refractivity contribution is -0.118. The lowest BCUT2D eigenvalue weighted by Gasteiger charge is -2.23. The van der Waals surface area contributed by atoms with E-state index in [1.54, 1.807) is 42.5 Å². The summed E-state index contributed by atoms with van der Waals surface area (Å²) in [7, 11) is 0. The van der Waals surface area contributed by atoms with Gasteiger partial charge >= 0.3 is 0 Å². The molecule has 5 nitrogen and oxygen atoms in total. The standard InChI is InChI=1S/C19H16N2O3/c1-2-12-20(14-8-4-3-5-9-14)17(22)13-21-18(23)15-10-6-7-11-16(15)19(21)24/h2-11H,1,12-13H2. The van der Waals surface area contributed by atoms with Crippen LogP contribution >= 0.6 is 0 Å². The Hall–Kier alpha value is -3.21. The van der Waals surface area contributed by atoms with Gasteiger partial charge in [0.1, 0.15) is 6.54 Å².